The standard InChI is InChI=1S/C8H11N.CH4O3S/c1-7(9)8-5-3-2-4-6-8;1-5(2,3)4/h2-7H,9H2,1H3;1H3,(H,2,3,4). The van der Waals surface area contributed by atoms with Crippen molar-refractivity contribution in [2.45, 2.75) is 13.0 Å². The molecule has 1 atom stereocenters. The second-order valence-corrected chi connectivity index (χ2v) is 4.40. The molecule has 0 fully saturated rings. The first-order valence-electron chi connectivity index (χ1n) is 4.03. The van der Waals surface area contributed by atoms with E-state index in [1.807, 2.05) is 37.3 Å². The molecule has 0 bridgehead atoms. The van der Waals surface area contributed by atoms with E-state index in [0.29, 0.717) is 6.26 Å². The van der Waals surface area contributed by atoms with Gasteiger partial charge in [0.15, 0.2) is 0 Å². The normalized spacial score (nSPS) is 12.6. The van der Waals surface area contributed by atoms with Gasteiger partial charge in [-0.05, 0) is 12.5 Å². The summed E-state index contributed by atoms with van der Waals surface area (Å²) in [7, 11) is -3.67. The fourth-order valence-corrected chi connectivity index (χ4v) is 0.757. The third-order valence-corrected chi connectivity index (χ3v) is 1.33. The van der Waals surface area contributed by atoms with E-state index >= 15 is 0 Å². The highest BCUT2D eigenvalue weighted by molar-refractivity contribution is 7.85. The molecule has 0 saturated heterocycles. The molecule has 0 aliphatic rings. The van der Waals surface area contributed by atoms with E-state index in [1.54, 1.807) is 0 Å². The molecule has 0 radical (unpaired) electrons. The molecule has 14 heavy (non-hydrogen) atoms. The highest BCUT2D eigenvalue weighted by atomic mass is 32.2. The third kappa shape index (κ3) is 9.18. The molecular weight excluding hydrogens is 202 g/mol. The Morgan fingerprint density at radius 3 is 1.86 bits per heavy atom. The van der Waals surface area contributed by atoms with Gasteiger partial charge in [-0.25, -0.2) is 0 Å². The molecule has 0 aliphatic carbocycles. The van der Waals surface area contributed by atoms with Crippen LogP contribution in [0.2, 0.25) is 0 Å². The number of hydrogen-bond acceptors (Lipinski definition) is 3. The molecule has 0 aliphatic heterocycles. The van der Waals surface area contributed by atoms with Gasteiger partial charge in [0.1, 0.15) is 0 Å². The van der Waals surface area contributed by atoms with Crippen molar-refractivity contribution in [1.82, 2.24) is 0 Å². The lowest BCUT2D eigenvalue weighted by Gasteiger charge is -2.02. The van der Waals surface area contributed by atoms with Gasteiger partial charge in [-0.15, -0.1) is 0 Å². The summed E-state index contributed by atoms with van der Waals surface area (Å²) in [5.41, 5.74) is 6.81. The highest BCUT2D eigenvalue weighted by Gasteiger charge is 1.93. The molecule has 0 saturated carbocycles. The quantitative estimate of drug-likeness (QED) is 0.693. The van der Waals surface area contributed by atoms with Crippen LogP contribution in [0.5, 0.6) is 0 Å². The Balaban J connectivity index is 0.000000292. The van der Waals surface area contributed by atoms with Crippen molar-refractivity contribution in [2.75, 3.05) is 6.26 Å². The average molecular weight is 217 g/mol. The number of hydrogen-bond donors (Lipinski definition) is 2. The lowest BCUT2D eigenvalue weighted by Crippen LogP contribution is -2.03. The minimum Gasteiger partial charge on any atom is -0.324 e. The molecule has 1 unspecified atom stereocenters. The summed E-state index contributed by atoms with van der Waals surface area (Å²) >= 11 is 0. The van der Waals surface area contributed by atoms with Gasteiger partial charge < -0.3 is 5.73 Å². The third-order valence-electron chi connectivity index (χ3n) is 1.33. The van der Waals surface area contributed by atoms with Crippen molar-refractivity contribution in [3.8, 4) is 0 Å². The van der Waals surface area contributed by atoms with E-state index in [1.165, 1.54) is 5.56 Å². The molecule has 0 amide bonds. The highest BCUT2D eigenvalue weighted by Crippen LogP contribution is 2.06. The Bertz CT molecular complexity index is 338. The molecule has 1 aromatic rings. The van der Waals surface area contributed by atoms with E-state index in [2.05, 4.69) is 0 Å². The van der Waals surface area contributed by atoms with Gasteiger partial charge in [0.05, 0.1) is 6.26 Å². The van der Waals surface area contributed by atoms with Crippen molar-refractivity contribution >= 4 is 10.1 Å². The number of rotatable bonds is 1. The van der Waals surface area contributed by atoms with Crippen molar-refractivity contribution in [1.29, 1.82) is 0 Å². The van der Waals surface area contributed by atoms with E-state index in [9.17, 15) is 8.42 Å². The predicted molar refractivity (Wildman–Crippen MR) is 56.5 cm³/mol. The first-order chi connectivity index (χ1) is 6.30. The Morgan fingerprint density at radius 1 is 1.29 bits per heavy atom. The zero-order valence-electron chi connectivity index (χ0n) is 8.21. The Kier molecular flexibility index (Phi) is 5.37. The number of benzene rings is 1. The monoisotopic (exact) mass is 217 g/mol. The zero-order chi connectivity index (χ0) is 11.2. The fraction of sp³-hybridized carbons (Fsp3) is 0.333. The maximum atomic E-state index is 9.19. The topological polar surface area (TPSA) is 80.4 Å². The molecule has 5 heteroatoms. The smallest absolute Gasteiger partial charge is 0.261 e. The lowest BCUT2D eigenvalue weighted by molar-refractivity contribution is 0.490. The summed E-state index contributed by atoms with van der Waals surface area (Å²) in [6.45, 7) is 1.98. The molecule has 0 aromatic heterocycles. The van der Waals surface area contributed by atoms with Crippen LogP contribution in [0.3, 0.4) is 0 Å². The summed E-state index contributed by atoms with van der Waals surface area (Å²) in [5, 5.41) is 0. The second-order valence-electron chi connectivity index (χ2n) is 2.93. The van der Waals surface area contributed by atoms with Gasteiger partial charge >= 0.3 is 0 Å². The van der Waals surface area contributed by atoms with E-state index < -0.39 is 10.1 Å². The maximum absolute atomic E-state index is 9.19. The van der Waals surface area contributed by atoms with Gasteiger partial charge in [0, 0.05) is 6.04 Å². The SMILES string of the molecule is CC(N)c1ccccc1.CS(=O)(=O)O. The largest absolute Gasteiger partial charge is 0.324 e. The summed E-state index contributed by atoms with van der Waals surface area (Å²) in [6.07, 6.45) is 0.715. The van der Waals surface area contributed by atoms with Gasteiger partial charge in [-0.3, -0.25) is 4.55 Å². The Morgan fingerprint density at radius 2 is 1.64 bits per heavy atom. The van der Waals surface area contributed by atoms with Gasteiger partial charge in [0.2, 0.25) is 0 Å². The summed E-state index contributed by atoms with van der Waals surface area (Å²) in [6, 6.07) is 10.2. The van der Waals surface area contributed by atoms with Crippen LogP contribution in [-0.4, -0.2) is 19.2 Å². The van der Waals surface area contributed by atoms with Crippen molar-refractivity contribution < 1.29 is 13.0 Å². The van der Waals surface area contributed by atoms with Crippen molar-refractivity contribution in [3.05, 3.63) is 35.9 Å². The molecule has 3 N–H and O–H groups in total. The summed E-state index contributed by atoms with van der Waals surface area (Å²) in [4.78, 5) is 0. The Hall–Kier alpha value is -0.910. The molecule has 1 aromatic carbocycles. The lowest BCUT2D eigenvalue weighted by atomic mass is 10.1. The zero-order valence-corrected chi connectivity index (χ0v) is 9.03. The molecular formula is C9H15NO3S. The first-order valence-corrected chi connectivity index (χ1v) is 5.88. The molecule has 0 heterocycles. The first kappa shape index (κ1) is 13.1. The van der Waals surface area contributed by atoms with Gasteiger partial charge in [0.25, 0.3) is 10.1 Å². The molecule has 4 nitrogen and oxygen atoms in total. The van der Waals surface area contributed by atoms with Crippen LogP contribution in [0.25, 0.3) is 0 Å². The van der Waals surface area contributed by atoms with Crippen LogP contribution in [0.1, 0.15) is 18.5 Å². The van der Waals surface area contributed by atoms with Crippen LogP contribution < -0.4 is 5.73 Å². The maximum Gasteiger partial charge on any atom is 0.261 e. The Labute approximate surface area is 84.5 Å². The van der Waals surface area contributed by atoms with Crippen LogP contribution in [0, 0.1) is 0 Å². The van der Waals surface area contributed by atoms with E-state index in [0.717, 1.165) is 0 Å². The van der Waals surface area contributed by atoms with Crippen molar-refractivity contribution in [3.63, 3.8) is 0 Å². The van der Waals surface area contributed by atoms with Crippen LogP contribution >= 0.6 is 0 Å². The fourth-order valence-electron chi connectivity index (χ4n) is 0.757. The van der Waals surface area contributed by atoms with Crippen LogP contribution in [0.4, 0.5) is 0 Å². The molecule has 0 spiro atoms. The number of nitrogens with two attached hydrogens (primary N) is 1. The van der Waals surface area contributed by atoms with E-state index in [-0.39, 0.29) is 6.04 Å². The predicted octanol–water partition coefficient (Wildman–Crippen LogP) is 1.21. The summed E-state index contributed by atoms with van der Waals surface area (Å²) in [5.74, 6) is 0. The van der Waals surface area contributed by atoms with Gasteiger partial charge in [-0.1, -0.05) is 30.3 Å². The van der Waals surface area contributed by atoms with Gasteiger partial charge in [-0.2, -0.15) is 8.42 Å². The van der Waals surface area contributed by atoms with Crippen molar-refractivity contribution in [2.24, 2.45) is 5.73 Å². The molecule has 80 valence electrons. The minimum absolute atomic E-state index is 0.159. The second kappa shape index (κ2) is 5.74. The average Bonchev–Trinajstić information content (AvgIpc) is 2.03. The van der Waals surface area contributed by atoms with Crippen LogP contribution in [-0.2, 0) is 10.1 Å². The van der Waals surface area contributed by atoms with Crippen LogP contribution in [0.15, 0.2) is 30.3 Å². The summed E-state index contributed by atoms with van der Waals surface area (Å²) < 4.78 is 25.9. The molecule has 1 rings (SSSR count). The van der Waals surface area contributed by atoms with E-state index in [4.69, 9.17) is 10.3 Å². The minimum atomic E-state index is -3.67.